The Labute approximate surface area is 138 Å². The molecule has 1 N–H and O–H groups in total. The van der Waals surface area contributed by atoms with E-state index >= 15 is 0 Å². The van der Waals surface area contributed by atoms with Crippen LogP contribution in [-0.4, -0.2) is 69.8 Å². The third-order valence-electron chi connectivity index (χ3n) is 2.37. The molecule has 0 atom stereocenters. The summed E-state index contributed by atoms with van der Waals surface area (Å²) in [6.45, 7) is 4.38. The van der Waals surface area contributed by atoms with Gasteiger partial charge in [0.2, 0.25) is 5.91 Å². The molecule has 1 fully saturated rings. The molecule has 0 aromatic rings. The summed E-state index contributed by atoms with van der Waals surface area (Å²) in [6.07, 6.45) is -0.0677. The molecule has 1 aliphatic heterocycles. The van der Waals surface area contributed by atoms with Crippen LogP contribution >= 0.6 is 12.2 Å². The van der Waals surface area contributed by atoms with E-state index in [4.69, 9.17) is 40.6 Å². The SMILES string of the molecule is C=CC(=O)NCCOC(=O)OCCOC(=S)OC1COCOC1. The molecule has 1 aliphatic rings. The Kier molecular flexibility index (Phi) is 9.68. The molecule has 9 nitrogen and oxygen atoms in total. The Morgan fingerprint density at radius 3 is 2.52 bits per heavy atom. The molecule has 0 aromatic carbocycles. The molecule has 0 aliphatic carbocycles. The minimum Gasteiger partial charge on any atom is -0.453 e. The zero-order valence-corrected chi connectivity index (χ0v) is 13.3. The average Bonchev–Trinajstić information content (AvgIpc) is 2.56. The molecule has 1 heterocycles. The largest absolute Gasteiger partial charge is 0.508 e. The van der Waals surface area contributed by atoms with Gasteiger partial charge in [-0.05, 0) is 6.08 Å². The van der Waals surface area contributed by atoms with Crippen molar-refractivity contribution in [2.75, 3.05) is 46.4 Å². The fourth-order valence-electron chi connectivity index (χ4n) is 1.38. The van der Waals surface area contributed by atoms with E-state index in [2.05, 4.69) is 11.9 Å². The van der Waals surface area contributed by atoms with Crippen molar-refractivity contribution in [3.63, 3.8) is 0 Å². The third kappa shape index (κ3) is 9.66. The zero-order chi connectivity index (χ0) is 16.9. The fraction of sp³-hybridized carbons (Fsp3) is 0.615. The van der Waals surface area contributed by atoms with Gasteiger partial charge >= 0.3 is 11.4 Å². The maximum absolute atomic E-state index is 11.2. The van der Waals surface area contributed by atoms with E-state index in [0.29, 0.717) is 13.2 Å². The summed E-state index contributed by atoms with van der Waals surface area (Å²) in [5.74, 6) is -0.349. The second-order valence-corrected chi connectivity index (χ2v) is 4.47. The van der Waals surface area contributed by atoms with Gasteiger partial charge in [0.05, 0.1) is 19.8 Å². The number of hydrogen-bond donors (Lipinski definition) is 1. The van der Waals surface area contributed by atoms with Gasteiger partial charge in [-0.25, -0.2) is 4.79 Å². The minimum atomic E-state index is -0.873. The Balaban J connectivity index is 1.96. The van der Waals surface area contributed by atoms with Gasteiger partial charge < -0.3 is 33.7 Å². The van der Waals surface area contributed by atoms with Crippen molar-refractivity contribution >= 4 is 29.5 Å². The van der Waals surface area contributed by atoms with Gasteiger partial charge in [0.25, 0.3) is 0 Å². The maximum atomic E-state index is 11.2. The van der Waals surface area contributed by atoms with Crippen LogP contribution in [0.3, 0.4) is 0 Å². The van der Waals surface area contributed by atoms with Crippen LogP contribution in [0.4, 0.5) is 4.79 Å². The summed E-state index contributed by atoms with van der Waals surface area (Å²) in [4.78, 5) is 22.0. The Hall–Kier alpha value is -1.91. The monoisotopic (exact) mass is 349 g/mol. The molecule has 0 unspecified atom stereocenters. The van der Waals surface area contributed by atoms with Crippen LogP contribution in [0.1, 0.15) is 0 Å². The van der Waals surface area contributed by atoms with Crippen molar-refractivity contribution in [2.24, 2.45) is 0 Å². The van der Waals surface area contributed by atoms with Gasteiger partial charge in [-0.1, -0.05) is 6.58 Å². The normalized spacial score (nSPS) is 14.4. The summed E-state index contributed by atoms with van der Waals surface area (Å²) in [5, 5.41) is 2.36. The number of ether oxygens (including phenoxy) is 6. The van der Waals surface area contributed by atoms with Crippen molar-refractivity contribution in [1.82, 2.24) is 5.32 Å². The van der Waals surface area contributed by atoms with E-state index in [0.717, 1.165) is 6.08 Å². The van der Waals surface area contributed by atoms with Crippen LogP contribution in [0.2, 0.25) is 0 Å². The first kappa shape index (κ1) is 19.1. The van der Waals surface area contributed by atoms with Crippen LogP contribution in [0.25, 0.3) is 0 Å². The lowest BCUT2D eigenvalue weighted by molar-refractivity contribution is -0.150. The third-order valence-corrected chi connectivity index (χ3v) is 2.58. The molecule has 0 aromatic heterocycles. The smallest absolute Gasteiger partial charge is 0.453 e. The molecule has 1 amide bonds. The maximum Gasteiger partial charge on any atom is 0.508 e. The molecule has 0 bridgehead atoms. The molecule has 0 radical (unpaired) electrons. The summed E-state index contributed by atoms with van der Waals surface area (Å²) in [5.41, 5.74) is 0. The van der Waals surface area contributed by atoms with E-state index in [1.807, 2.05) is 0 Å². The van der Waals surface area contributed by atoms with Crippen molar-refractivity contribution in [2.45, 2.75) is 6.10 Å². The summed E-state index contributed by atoms with van der Waals surface area (Å²) in [7, 11) is 0. The molecule has 23 heavy (non-hydrogen) atoms. The highest BCUT2D eigenvalue weighted by Crippen LogP contribution is 2.03. The van der Waals surface area contributed by atoms with Gasteiger partial charge in [0, 0.05) is 12.2 Å². The molecule has 1 rings (SSSR count). The number of nitrogens with one attached hydrogen (secondary N) is 1. The summed E-state index contributed by atoms with van der Waals surface area (Å²) in [6, 6.07) is 0. The van der Waals surface area contributed by atoms with Crippen molar-refractivity contribution in [1.29, 1.82) is 0 Å². The first-order valence-corrected chi connectivity index (χ1v) is 7.21. The number of carbonyl (C=O) groups is 2. The molecular weight excluding hydrogens is 330 g/mol. The van der Waals surface area contributed by atoms with Gasteiger partial charge in [0.1, 0.15) is 32.7 Å². The van der Waals surface area contributed by atoms with Gasteiger partial charge in [-0.3, -0.25) is 4.79 Å². The minimum absolute atomic E-state index is 0.0114. The van der Waals surface area contributed by atoms with Crippen LogP contribution in [0.5, 0.6) is 0 Å². The first-order valence-electron chi connectivity index (χ1n) is 6.80. The van der Waals surface area contributed by atoms with E-state index in [-0.39, 0.29) is 50.4 Å². The van der Waals surface area contributed by atoms with Gasteiger partial charge in [-0.2, -0.15) is 0 Å². The second kappa shape index (κ2) is 11.6. The molecule has 130 valence electrons. The lowest BCUT2D eigenvalue weighted by Crippen LogP contribution is -2.33. The molecule has 10 heteroatoms. The predicted molar refractivity (Wildman–Crippen MR) is 80.7 cm³/mol. The lowest BCUT2D eigenvalue weighted by Gasteiger charge is -2.23. The van der Waals surface area contributed by atoms with Crippen LogP contribution in [0, 0.1) is 0 Å². The number of hydrogen-bond acceptors (Lipinski definition) is 9. The van der Waals surface area contributed by atoms with Crippen LogP contribution in [0.15, 0.2) is 12.7 Å². The topological polar surface area (TPSA) is 102 Å². The number of thiocarbonyl (C=S) groups is 1. The van der Waals surface area contributed by atoms with Gasteiger partial charge in [-0.15, -0.1) is 0 Å². The second-order valence-electron chi connectivity index (χ2n) is 4.14. The highest BCUT2D eigenvalue weighted by molar-refractivity contribution is 7.79. The Bertz CT molecular complexity index is 411. The number of rotatable bonds is 8. The molecule has 1 saturated heterocycles. The predicted octanol–water partition coefficient (Wildman–Crippen LogP) is 0.133. The quantitative estimate of drug-likeness (QED) is 0.283. The highest BCUT2D eigenvalue weighted by atomic mass is 32.1. The number of amides is 1. The summed E-state index contributed by atoms with van der Waals surface area (Å²) >= 11 is 4.86. The average molecular weight is 349 g/mol. The zero-order valence-electron chi connectivity index (χ0n) is 12.5. The first-order chi connectivity index (χ1) is 11.1. The van der Waals surface area contributed by atoms with E-state index in [9.17, 15) is 9.59 Å². The van der Waals surface area contributed by atoms with E-state index in [1.165, 1.54) is 0 Å². The van der Waals surface area contributed by atoms with E-state index in [1.54, 1.807) is 0 Å². The van der Waals surface area contributed by atoms with E-state index < -0.39 is 6.16 Å². The Morgan fingerprint density at radius 1 is 1.17 bits per heavy atom. The Morgan fingerprint density at radius 2 is 1.83 bits per heavy atom. The van der Waals surface area contributed by atoms with Crippen molar-refractivity contribution in [3.8, 4) is 0 Å². The number of carbonyl (C=O) groups excluding carboxylic acids is 2. The van der Waals surface area contributed by atoms with Crippen LogP contribution in [-0.2, 0) is 33.2 Å². The molecule has 0 saturated carbocycles. The van der Waals surface area contributed by atoms with Crippen molar-refractivity contribution < 1.29 is 38.0 Å². The lowest BCUT2D eigenvalue weighted by atomic mass is 10.4. The van der Waals surface area contributed by atoms with Gasteiger partial charge in [0.15, 0.2) is 0 Å². The summed E-state index contributed by atoms with van der Waals surface area (Å²) < 4.78 is 29.8. The molecule has 0 spiro atoms. The standard InChI is InChI=1S/C13H19NO8S/c1-2-11(15)14-3-4-19-12(16)20-5-6-21-13(23)22-10-7-17-9-18-8-10/h2,10H,1,3-9H2,(H,14,15). The highest BCUT2D eigenvalue weighted by Gasteiger charge is 2.17. The van der Waals surface area contributed by atoms with Crippen LogP contribution < -0.4 is 5.32 Å². The molecular formula is C13H19NO8S. The fourth-order valence-corrected chi connectivity index (χ4v) is 1.60. The van der Waals surface area contributed by atoms with Crippen molar-refractivity contribution in [3.05, 3.63) is 12.7 Å².